The van der Waals surface area contributed by atoms with Crippen molar-refractivity contribution in [1.82, 2.24) is 0 Å². The van der Waals surface area contributed by atoms with Crippen LogP contribution in [0, 0.1) is 0 Å². The summed E-state index contributed by atoms with van der Waals surface area (Å²) in [4.78, 5) is 12.2. The number of carbonyl (C=O) groups excluding carboxylic acids is 1. The molecule has 3 aromatic rings. The van der Waals surface area contributed by atoms with Crippen molar-refractivity contribution in [2.24, 2.45) is 0 Å². The van der Waals surface area contributed by atoms with Crippen molar-refractivity contribution in [1.29, 1.82) is 0 Å². The number of halogens is 1. The standard InChI is InChI=1S/C20H16BrNO2/c21-17-8-4-7-16(13-17)20(23)22-18-9-11-19(12-10-18)24-14-15-5-2-1-3-6-15/h1-13H,14H2,(H,22,23). The monoisotopic (exact) mass is 381 g/mol. The molecule has 3 rings (SSSR count). The highest BCUT2D eigenvalue weighted by Gasteiger charge is 2.06. The Morgan fingerprint density at radius 2 is 1.67 bits per heavy atom. The molecule has 120 valence electrons. The Labute approximate surface area is 149 Å². The molecule has 0 saturated heterocycles. The predicted molar refractivity (Wildman–Crippen MR) is 99.3 cm³/mol. The van der Waals surface area contributed by atoms with E-state index in [9.17, 15) is 4.79 Å². The topological polar surface area (TPSA) is 38.3 Å². The molecular formula is C20H16BrNO2. The highest BCUT2D eigenvalue weighted by atomic mass is 79.9. The van der Waals surface area contributed by atoms with E-state index >= 15 is 0 Å². The van der Waals surface area contributed by atoms with Crippen LogP contribution in [-0.2, 0) is 6.61 Å². The number of anilines is 1. The molecule has 4 heteroatoms. The molecule has 0 bridgehead atoms. The van der Waals surface area contributed by atoms with Crippen molar-refractivity contribution in [2.75, 3.05) is 5.32 Å². The van der Waals surface area contributed by atoms with Gasteiger partial charge in [-0.3, -0.25) is 4.79 Å². The third-order valence-electron chi connectivity index (χ3n) is 3.45. The van der Waals surface area contributed by atoms with Gasteiger partial charge in [-0.05, 0) is 48.0 Å². The lowest BCUT2D eigenvalue weighted by Crippen LogP contribution is -2.11. The molecule has 0 unspecified atom stereocenters. The molecule has 0 aromatic heterocycles. The molecule has 0 saturated carbocycles. The maximum Gasteiger partial charge on any atom is 0.255 e. The molecule has 1 N–H and O–H groups in total. The first-order valence-electron chi connectivity index (χ1n) is 7.54. The first-order valence-corrected chi connectivity index (χ1v) is 8.34. The van der Waals surface area contributed by atoms with Gasteiger partial charge < -0.3 is 10.1 Å². The number of hydrogen-bond donors (Lipinski definition) is 1. The molecule has 3 nitrogen and oxygen atoms in total. The third kappa shape index (κ3) is 4.46. The van der Waals surface area contributed by atoms with E-state index in [0.29, 0.717) is 12.2 Å². The molecular weight excluding hydrogens is 366 g/mol. The van der Waals surface area contributed by atoms with Crippen LogP contribution in [0.25, 0.3) is 0 Å². The summed E-state index contributed by atoms with van der Waals surface area (Å²) >= 11 is 3.37. The lowest BCUT2D eigenvalue weighted by atomic mass is 10.2. The maximum atomic E-state index is 12.2. The van der Waals surface area contributed by atoms with Gasteiger partial charge in [0.25, 0.3) is 5.91 Å². The van der Waals surface area contributed by atoms with Gasteiger partial charge in [0.1, 0.15) is 12.4 Å². The normalized spacial score (nSPS) is 10.2. The van der Waals surface area contributed by atoms with Gasteiger partial charge in [-0.25, -0.2) is 0 Å². The van der Waals surface area contributed by atoms with E-state index in [-0.39, 0.29) is 5.91 Å². The van der Waals surface area contributed by atoms with Crippen molar-refractivity contribution in [2.45, 2.75) is 6.61 Å². The highest BCUT2D eigenvalue weighted by Crippen LogP contribution is 2.18. The summed E-state index contributed by atoms with van der Waals surface area (Å²) in [6.45, 7) is 0.518. The predicted octanol–water partition coefficient (Wildman–Crippen LogP) is 5.28. The third-order valence-corrected chi connectivity index (χ3v) is 3.94. The Morgan fingerprint density at radius 1 is 0.917 bits per heavy atom. The summed E-state index contributed by atoms with van der Waals surface area (Å²) in [6.07, 6.45) is 0. The molecule has 24 heavy (non-hydrogen) atoms. The smallest absolute Gasteiger partial charge is 0.255 e. The Bertz CT molecular complexity index is 817. The van der Waals surface area contributed by atoms with Gasteiger partial charge in [-0.2, -0.15) is 0 Å². The van der Waals surface area contributed by atoms with Gasteiger partial charge in [0, 0.05) is 15.7 Å². The molecule has 1 amide bonds. The van der Waals surface area contributed by atoms with Crippen LogP contribution in [0.3, 0.4) is 0 Å². The molecule has 0 atom stereocenters. The molecule has 0 aliphatic rings. The molecule has 0 heterocycles. The van der Waals surface area contributed by atoms with Crippen LogP contribution in [0.4, 0.5) is 5.69 Å². The van der Waals surface area contributed by atoms with E-state index in [0.717, 1.165) is 21.5 Å². The Kier molecular flexibility index (Phi) is 5.29. The zero-order valence-electron chi connectivity index (χ0n) is 12.9. The van der Waals surface area contributed by atoms with Gasteiger partial charge in [0.15, 0.2) is 0 Å². The summed E-state index contributed by atoms with van der Waals surface area (Å²) in [5, 5.41) is 2.87. The van der Waals surface area contributed by atoms with Crippen molar-refractivity contribution in [3.63, 3.8) is 0 Å². The second-order valence-electron chi connectivity index (χ2n) is 5.26. The average Bonchev–Trinajstić information content (AvgIpc) is 2.62. The van der Waals surface area contributed by atoms with Crippen molar-refractivity contribution in [3.05, 3.63) is 94.5 Å². The Hall–Kier alpha value is -2.59. The van der Waals surface area contributed by atoms with Crippen molar-refractivity contribution in [3.8, 4) is 5.75 Å². The zero-order chi connectivity index (χ0) is 16.8. The van der Waals surface area contributed by atoms with Crippen LogP contribution >= 0.6 is 15.9 Å². The zero-order valence-corrected chi connectivity index (χ0v) is 14.5. The number of nitrogens with one attached hydrogen (secondary N) is 1. The van der Waals surface area contributed by atoms with E-state index in [1.807, 2.05) is 66.7 Å². The largest absolute Gasteiger partial charge is 0.489 e. The lowest BCUT2D eigenvalue weighted by Gasteiger charge is -2.09. The second-order valence-corrected chi connectivity index (χ2v) is 6.18. The Morgan fingerprint density at radius 3 is 2.38 bits per heavy atom. The van der Waals surface area contributed by atoms with Crippen LogP contribution in [-0.4, -0.2) is 5.91 Å². The van der Waals surface area contributed by atoms with Gasteiger partial charge in [0.05, 0.1) is 0 Å². The minimum atomic E-state index is -0.144. The van der Waals surface area contributed by atoms with E-state index in [1.54, 1.807) is 12.1 Å². The highest BCUT2D eigenvalue weighted by molar-refractivity contribution is 9.10. The minimum Gasteiger partial charge on any atom is -0.489 e. The molecule has 0 aliphatic carbocycles. The van der Waals surface area contributed by atoms with Crippen LogP contribution in [0.1, 0.15) is 15.9 Å². The SMILES string of the molecule is O=C(Nc1ccc(OCc2ccccc2)cc1)c1cccc(Br)c1. The van der Waals surface area contributed by atoms with Crippen LogP contribution < -0.4 is 10.1 Å². The van der Waals surface area contributed by atoms with Crippen molar-refractivity contribution >= 4 is 27.5 Å². The maximum absolute atomic E-state index is 12.2. The average molecular weight is 382 g/mol. The molecule has 0 fully saturated rings. The van der Waals surface area contributed by atoms with Gasteiger partial charge in [0.2, 0.25) is 0 Å². The quantitative estimate of drug-likeness (QED) is 0.652. The van der Waals surface area contributed by atoms with Crippen molar-refractivity contribution < 1.29 is 9.53 Å². The summed E-state index contributed by atoms with van der Waals surface area (Å²) in [6, 6.07) is 24.6. The molecule has 0 radical (unpaired) electrons. The van der Waals surface area contributed by atoms with Crippen LogP contribution in [0.5, 0.6) is 5.75 Å². The number of amides is 1. The second kappa shape index (κ2) is 7.79. The van der Waals surface area contributed by atoms with E-state index in [4.69, 9.17) is 4.74 Å². The van der Waals surface area contributed by atoms with Crippen LogP contribution in [0.15, 0.2) is 83.3 Å². The fourth-order valence-corrected chi connectivity index (χ4v) is 2.61. The molecule has 0 spiro atoms. The van der Waals surface area contributed by atoms with Crippen LogP contribution in [0.2, 0.25) is 0 Å². The number of carbonyl (C=O) groups is 1. The number of benzene rings is 3. The number of ether oxygens (including phenoxy) is 1. The van der Waals surface area contributed by atoms with E-state index in [2.05, 4.69) is 21.2 Å². The van der Waals surface area contributed by atoms with Gasteiger partial charge >= 0.3 is 0 Å². The summed E-state index contributed by atoms with van der Waals surface area (Å²) in [7, 11) is 0. The van der Waals surface area contributed by atoms with E-state index < -0.39 is 0 Å². The summed E-state index contributed by atoms with van der Waals surface area (Å²) < 4.78 is 6.61. The first-order chi connectivity index (χ1) is 11.7. The summed E-state index contributed by atoms with van der Waals surface area (Å²) in [5.41, 5.74) is 2.45. The van der Waals surface area contributed by atoms with Gasteiger partial charge in [-0.15, -0.1) is 0 Å². The number of rotatable bonds is 5. The fraction of sp³-hybridized carbons (Fsp3) is 0.0500. The Balaban J connectivity index is 1.59. The first kappa shape index (κ1) is 16.3. The minimum absolute atomic E-state index is 0.144. The molecule has 0 aliphatic heterocycles. The fourth-order valence-electron chi connectivity index (χ4n) is 2.21. The number of hydrogen-bond acceptors (Lipinski definition) is 2. The summed E-state index contributed by atoms with van der Waals surface area (Å²) in [5.74, 6) is 0.619. The lowest BCUT2D eigenvalue weighted by molar-refractivity contribution is 0.102. The van der Waals surface area contributed by atoms with E-state index in [1.165, 1.54) is 0 Å². The molecule has 3 aromatic carbocycles. The van der Waals surface area contributed by atoms with Gasteiger partial charge in [-0.1, -0.05) is 52.3 Å².